The van der Waals surface area contributed by atoms with Crippen LogP contribution in [0, 0.1) is 5.92 Å². The Kier molecular flexibility index (Phi) is 3.82. The molecule has 5 nitrogen and oxygen atoms in total. The third kappa shape index (κ3) is 3.35. The number of anilines is 1. The van der Waals surface area contributed by atoms with E-state index in [-0.39, 0.29) is 6.03 Å². The Morgan fingerprint density at radius 2 is 2.35 bits per heavy atom. The molecular weight excluding hydrogens is 218 g/mol. The van der Waals surface area contributed by atoms with Gasteiger partial charge >= 0.3 is 6.03 Å². The maximum absolute atomic E-state index is 11.6. The number of carbonyl (C=O) groups is 1. The second kappa shape index (κ2) is 5.54. The highest BCUT2D eigenvalue weighted by Crippen LogP contribution is 2.16. The van der Waals surface area contributed by atoms with Crippen LogP contribution in [0.4, 0.5) is 10.5 Å². The molecule has 5 heteroatoms. The summed E-state index contributed by atoms with van der Waals surface area (Å²) in [5.74, 6) is 1.29. The summed E-state index contributed by atoms with van der Waals surface area (Å²) in [6, 6.07) is 7.11. The summed E-state index contributed by atoms with van der Waals surface area (Å²) in [7, 11) is 1.60. The number of carbonyl (C=O) groups excluding carboxylic acids is 1. The molecule has 0 aliphatic carbocycles. The molecular formula is C12H17N3O2. The lowest BCUT2D eigenvalue weighted by molar-refractivity contribution is 0.246. The highest BCUT2D eigenvalue weighted by molar-refractivity contribution is 5.89. The van der Waals surface area contributed by atoms with Crippen LogP contribution in [-0.4, -0.2) is 32.8 Å². The van der Waals surface area contributed by atoms with Crippen molar-refractivity contribution in [1.29, 1.82) is 0 Å². The van der Waals surface area contributed by atoms with E-state index in [2.05, 4.69) is 16.0 Å². The Morgan fingerprint density at radius 1 is 1.53 bits per heavy atom. The molecule has 2 rings (SSSR count). The van der Waals surface area contributed by atoms with E-state index in [0.29, 0.717) is 12.5 Å². The lowest BCUT2D eigenvalue weighted by Gasteiger charge is -2.27. The predicted octanol–water partition coefficient (Wildman–Crippen LogP) is 1.04. The third-order valence-electron chi connectivity index (χ3n) is 2.74. The Morgan fingerprint density at radius 3 is 3.00 bits per heavy atom. The summed E-state index contributed by atoms with van der Waals surface area (Å²) in [5, 5.41) is 8.77. The largest absolute Gasteiger partial charge is 0.497 e. The zero-order valence-electron chi connectivity index (χ0n) is 9.82. The van der Waals surface area contributed by atoms with Crippen LogP contribution in [0.2, 0.25) is 0 Å². The van der Waals surface area contributed by atoms with Gasteiger partial charge in [-0.2, -0.15) is 0 Å². The van der Waals surface area contributed by atoms with E-state index in [1.807, 2.05) is 18.2 Å². The van der Waals surface area contributed by atoms with Gasteiger partial charge < -0.3 is 20.7 Å². The summed E-state index contributed by atoms with van der Waals surface area (Å²) < 4.78 is 5.08. The quantitative estimate of drug-likeness (QED) is 0.730. The number of urea groups is 1. The van der Waals surface area contributed by atoms with Gasteiger partial charge in [0.05, 0.1) is 7.11 Å². The predicted molar refractivity (Wildman–Crippen MR) is 66.4 cm³/mol. The van der Waals surface area contributed by atoms with Crippen LogP contribution in [-0.2, 0) is 0 Å². The summed E-state index contributed by atoms with van der Waals surface area (Å²) in [4.78, 5) is 11.6. The number of hydrogen-bond donors (Lipinski definition) is 3. The van der Waals surface area contributed by atoms with Crippen LogP contribution in [0.25, 0.3) is 0 Å². The first-order valence-corrected chi connectivity index (χ1v) is 5.67. The van der Waals surface area contributed by atoms with Gasteiger partial charge in [-0.15, -0.1) is 0 Å². The maximum Gasteiger partial charge on any atom is 0.319 e. The van der Waals surface area contributed by atoms with Gasteiger partial charge in [-0.05, 0) is 12.1 Å². The van der Waals surface area contributed by atoms with Crippen molar-refractivity contribution >= 4 is 11.7 Å². The second-order valence-electron chi connectivity index (χ2n) is 4.09. The molecule has 0 aromatic heterocycles. The Bertz CT molecular complexity index is 391. The van der Waals surface area contributed by atoms with Crippen molar-refractivity contribution < 1.29 is 9.53 Å². The maximum atomic E-state index is 11.6. The molecule has 0 bridgehead atoms. The average molecular weight is 235 g/mol. The minimum absolute atomic E-state index is 0.176. The van der Waals surface area contributed by atoms with E-state index in [0.717, 1.165) is 24.5 Å². The van der Waals surface area contributed by atoms with Crippen molar-refractivity contribution in [2.45, 2.75) is 0 Å². The monoisotopic (exact) mass is 235 g/mol. The molecule has 0 unspecified atom stereocenters. The Balaban J connectivity index is 1.79. The molecule has 1 aromatic rings. The van der Waals surface area contributed by atoms with Crippen molar-refractivity contribution in [3.05, 3.63) is 24.3 Å². The fourth-order valence-corrected chi connectivity index (χ4v) is 1.61. The van der Waals surface area contributed by atoms with Gasteiger partial charge in [0.1, 0.15) is 5.75 Å². The van der Waals surface area contributed by atoms with Gasteiger partial charge in [-0.3, -0.25) is 0 Å². The van der Waals surface area contributed by atoms with E-state index >= 15 is 0 Å². The summed E-state index contributed by atoms with van der Waals surface area (Å²) in [6.45, 7) is 2.68. The number of ether oxygens (including phenoxy) is 1. The van der Waals surface area contributed by atoms with E-state index in [4.69, 9.17) is 4.74 Å². The number of hydrogen-bond acceptors (Lipinski definition) is 3. The normalized spacial score (nSPS) is 14.9. The lowest BCUT2D eigenvalue weighted by Crippen LogP contribution is -2.48. The first kappa shape index (κ1) is 11.7. The first-order chi connectivity index (χ1) is 8.28. The highest BCUT2D eigenvalue weighted by atomic mass is 16.5. The number of rotatable bonds is 4. The van der Waals surface area contributed by atoms with Gasteiger partial charge in [-0.1, -0.05) is 6.07 Å². The molecule has 17 heavy (non-hydrogen) atoms. The summed E-state index contributed by atoms with van der Waals surface area (Å²) in [6.07, 6.45) is 0. The topological polar surface area (TPSA) is 62.4 Å². The molecule has 0 saturated carbocycles. The molecule has 1 heterocycles. The summed E-state index contributed by atoms with van der Waals surface area (Å²) in [5.41, 5.74) is 0.730. The molecule has 1 aliphatic rings. The molecule has 0 radical (unpaired) electrons. The van der Waals surface area contributed by atoms with Crippen LogP contribution in [0.1, 0.15) is 0 Å². The van der Waals surface area contributed by atoms with Crippen molar-refractivity contribution in [3.8, 4) is 5.75 Å². The molecule has 1 aliphatic heterocycles. The SMILES string of the molecule is COc1cccc(NC(=O)NCC2CNC2)c1. The van der Waals surface area contributed by atoms with Crippen molar-refractivity contribution in [2.24, 2.45) is 5.92 Å². The lowest BCUT2D eigenvalue weighted by atomic mass is 10.0. The molecule has 1 aromatic carbocycles. The van der Waals surface area contributed by atoms with Gasteiger partial charge in [0, 0.05) is 37.3 Å². The second-order valence-corrected chi connectivity index (χ2v) is 4.09. The average Bonchev–Trinajstić information content (AvgIpc) is 2.27. The van der Waals surface area contributed by atoms with E-state index in [1.54, 1.807) is 13.2 Å². The Hall–Kier alpha value is -1.75. The van der Waals surface area contributed by atoms with E-state index in [1.165, 1.54) is 0 Å². The zero-order valence-corrected chi connectivity index (χ0v) is 9.82. The Labute approximate surface area is 101 Å². The molecule has 3 N–H and O–H groups in total. The van der Waals surface area contributed by atoms with Crippen LogP contribution >= 0.6 is 0 Å². The van der Waals surface area contributed by atoms with Gasteiger partial charge in [-0.25, -0.2) is 4.79 Å². The molecule has 1 saturated heterocycles. The van der Waals surface area contributed by atoms with Crippen LogP contribution in [0.3, 0.4) is 0 Å². The molecule has 2 amide bonds. The van der Waals surface area contributed by atoms with Crippen LogP contribution in [0.15, 0.2) is 24.3 Å². The smallest absolute Gasteiger partial charge is 0.319 e. The summed E-state index contributed by atoms with van der Waals surface area (Å²) >= 11 is 0. The van der Waals surface area contributed by atoms with Crippen LogP contribution in [0.5, 0.6) is 5.75 Å². The number of nitrogens with one attached hydrogen (secondary N) is 3. The molecule has 92 valence electrons. The number of methoxy groups -OCH3 is 1. The first-order valence-electron chi connectivity index (χ1n) is 5.67. The number of benzene rings is 1. The zero-order chi connectivity index (χ0) is 12.1. The van der Waals surface area contributed by atoms with Crippen LogP contribution < -0.4 is 20.7 Å². The molecule has 0 spiro atoms. The standard InChI is InChI=1S/C12H17N3O2/c1-17-11-4-2-3-10(5-11)15-12(16)14-8-9-6-13-7-9/h2-5,9,13H,6-8H2,1H3,(H2,14,15,16). The fraction of sp³-hybridized carbons (Fsp3) is 0.417. The van der Waals surface area contributed by atoms with Gasteiger partial charge in [0.2, 0.25) is 0 Å². The minimum Gasteiger partial charge on any atom is -0.497 e. The highest BCUT2D eigenvalue weighted by Gasteiger charge is 2.16. The van der Waals surface area contributed by atoms with Gasteiger partial charge in [0.25, 0.3) is 0 Å². The third-order valence-corrected chi connectivity index (χ3v) is 2.74. The van der Waals surface area contributed by atoms with Crippen molar-refractivity contribution in [2.75, 3.05) is 32.1 Å². The van der Waals surface area contributed by atoms with Crippen molar-refractivity contribution in [3.63, 3.8) is 0 Å². The molecule has 0 atom stereocenters. The van der Waals surface area contributed by atoms with E-state index < -0.39 is 0 Å². The van der Waals surface area contributed by atoms with Gasteiger partial charge in [0.15, 0.2) is 0 Å². The fourth-order valence-electron chi connectivity index (χ4n) is 1.61. The van der Waals surface area contributed by atoms with E-state index in [9.17, 15) is 4.79 Å². The van der Waals surface area contributed by atoms with Crippen molar-refractivity contribution in [1.82, 2.24) is 10.6 Å². The minimum atomic E-state index is -0.176. The molecule has 1 fully saturated rings. The number of amides is 2.